The molecule has 0 saturated heterocycles. The van der Waals surface area contributed by atoms with E-state index in [2.05, 4.69) is 26.4 Å². The fourth-order valence-electron chi connectivity index (χ4n) is 1.57. The Kier molecular flexibility index (Phi) is 3.73. The van der Waals surface area contributed by atoms with Crippen molar-refractivity contribution in [3.8, 4) is 0 Å². The van der Waals surface area contributed by atoms with Crippen LogP contribution < -0.4 is 5.32 Å². The number of anilines is 1. The molecule has 2 rings (SSSR count). The van der Waals surface area contributed by atoms with Crippen molar-refractivity contribution < 1.29 is 9.32 Å². The van der Waals surface area contributed by atoms with Crippen LogP contribution in [0.15, 0.2) is 27.2 Å². The maximum Gasteiger partial charge on any atom is 0.261 e. The van der Waals surface area contributed by atoms with Crippen molar-refractivity contribution in [3.63, 3.8) is 0 Å². The van der Waals surface area contributed by atoms with Gasteiger partial charge in [-0.15, -0.1) is 0 Å². The van der Waals surface area contributed by atoms with Crippen molar-refractivity contribution in [3.05, 3.63) is 44.7 Å². The predicted octanol–water partition coefficient (Wildman–Crippen LogP) is 3.96. The van der Waals surface area contributed by atoms with Gasteiger partial charge in [0, 0.05) is 10.2 Å². The molecular formula is C12H10BrClN2O2. The van der Waals surface area contributed by atoms with E-state index in [1.54, 1.807) is 32.0 Å². The smallest absolute Gasteiger partial charge is 0.261 e. The second kappa shape index (κ2) is 5.12. The van der Waals surface area contributed by atoms with E-state index in [0.29, 0.717) is 27.7 Å². The third-order valence-corrected chi connectivity index (χ3v) is 3.65. The Labute approximate surface area is 117 Å². The molecule has 1 heterocycles. The number of carbonyl (C=O) groups is 1. The quantitative estimate of drug-likeness (QED) is 0.907. The molecule has 18 heavy (non-hydrogen) atoms. The molecule has 0 aliphatic carbocycles. The Morgan fingerprint density at radius 2 is 2.17 bits per heavy atom. The molecule has 94 valence electrons. The summed E-state index contributed by atoms with van der Waals surface area (Å²) in [7, 11) is 0. The second-order valence-corrected chi connectivity index (χ2v) is 5.04. The average Bonchev–Trinajstić information content (AvgIpc) is 2.64. The highest BCUT2D eigenvalue weighted by Gasteiger charge is 2.17. The fraction of sp³-hybridized carbons (Fsp3) is 0.167. The van der Waals surface area contributed by atoms with E-state index in [-0.39, 0.29) is 5.91 Å². The van der Waals surface area contributed by atoms with Gasteiger partial charge >= 0.3 is 0 Å². The third-order valence-electron chi connectivity index (χ3n) is 2.44. The second-order valence-electron chi connectivity index (χ2n) is 3.78. The van der Waals surface area contributed by atoms with Gasteiger partial charge in [0.05, 0.1) is 10.7 Å². The van der Waals surface area contributed by atoms with Gasteiger partial charge < -0.3 is 9.84 Å². The van der Waals surface area contributed by atoms with E-state index >= 15 is 0 Å². The summed E-state index contributed by atoms with van der Waals surface area (Å²) in [5, 5.41) is 7.10. The Balaban J connectivity index is 2.24. The third kappa shape index (κ3) is 2.57. The molecule has 0 radical (unpaired) electrons. The van der Waals surface area contributed by atoms with E-state index in [9.17, 15) is 4.79 Å². The molecule has 4 nitrogen and oxygen atoms in total. The summed E-state index contributed by atoms with van der Waals surface area (Å²) in [5.41, 5.74) is 1.68. The van der Waals surface area contributed by atoms with Crippen LogP contribution >= 0.6 is 27.5 Å². The molecular weight excluding hydrogens is 320 g/mol. The van der Waals surface area contributed by atoms with Crippen molar-refractivity contribution in [1.29, 1.82) is 0 Å². The lowest BCUT2D eigenvalue weighted by atomic mass is 10.2. The number of hydrogen-bond donors (Lipinski definition) is 1. The highest BCUT2D eigenvalue weighted by molar-refractivity contribution is 9.10. The van der Waals surface area contributed by atoms with Crippen LogP contribution in [0.1, 0.15) is 21.8 Å². The number of aryl methyl sites for hydroxylation is 2. The number of rotatable bonds is 2. The minimum Gasteiger partial charge on any atom is -0.361 e. The first-order valence-corrected chi connectivity index (χ1v) is 6.35. The number of nitrogens with zero attached hydrogens (tertiary/aromatic N) is 1. The SMILES string of the molecule is Cc1noc(C)c1C(=O)Nc1ccc(Cl)c(Br)c1. The molecule has 6 heteroatoms. The number of amides is 1. The Morgan fingerprint density at radius 3 is 2.72 bits per heavy atom. The molecule has 0 spiro atoms. The Morgan fingerprint density at radius 1 is 1.44 bits per heavy atom. The summed E-state index contributed by atoms with van der Waals surface area (Å²) < 4.78 is 5.68. The standard InChI is InChI=1S/C12H10BrClN2O2/c1-6-11(7(2)18-16-6)12(17)15-8-3-4-10(14)9(13)5-8/h3-5H,1-2H3,(H,15,17). The minimum atomic E-state index is -0.250. The minimum absolute atomic E-state index is 0.250. The summed E-state index contributed by atoms with van der Waals surface area (Å²) in [4.78, 5) is 12.1. The lowest BCUT2D eigenvalue weighted by Gasteiger charge is -2.05. The van der Waals surface area contributed by atoms with E-state index < -0.39 is 0 Å². The Hall–Kier alpha value is -1.33. The fourth-order valence-corrected chi connectivity index (χ4v) is 2.07. The van der Waals surface area contributed by atoms with Crippen LogP contribution in [0.2, 0.25) is 5.02 Å². The number of hydrogen-bond acceptors (Lipinski definition) is 3. The highest BCUT2D eigenvalue weighted by atomic mass is 79.9. The lowest BCUT2D eigenvalue weighted by molar-refractivity contribution is 0.102. The van der Waals surface area contributed by atoms with Gasteiger partial charge in [-0.3, -0.25) is 4.79 Å². The number of halogens is 2. The summed E-state index contributed by atoms with van der Waals surface area (Å²) >= 11 is 9.18. The van der Waals surface area contributed by atoms with Crippen LogP contribution in [0, 0.1) is 13.8 Å². The first-order valence-electron chi connectivity index (χ1n) is 5.18. The number of benzene rings is 1. The zero-order chi connectivity index (χ0) is 13.3. The summed E-state index contributed by atoms with van der Waals surface area (Å²) in [6.07, 6.45) is 0. The molecule has 0 aliphatic heterocycles. The molecule has 0 bridgehead atoms. The maximum absolute atomic E-state index is 12.1. The zero-order valence-electron chi connectivity index (χ0n) is 9.75. The molecule has 0 saturated carbocycles. The van der Waals surface area contributed by atoms with Gasteiger partial charge in [0.25, 0.3) is 5.91 Å². The summed E-state index contributed by atoms with van der Waals surface area (Å²) in [6.45, 7) is 3.43. The van der Waals surface area contributed by atoms with Gasteiger partial charge in [-0.1, -0.05) is 16.8 Å². The van der Waals surface area contributed by atoms with Gasteiger partial charge in [-0.05, 0) is 48.0 Å². The molecule has 0 unspecified atom stereocenters. The van der Waals surface area contributed by atoms with E-state index in [0.717, 1.165) is 4.47 Å². The molecule has 1 aromatic carbocycles. The zero-order valence-corrected chi connectivity index (χ0v) is 12.1. The van der Waals surface area contributed by atoms with E-state index in [1.165, 1.54) is 0 Å². The number of aromatic nitrogens is 1. The van der Waals surface area contributed by atoms with Crippen molar-refractivity contribution in [1.82, 2.24) is 5.16 Å². The largest absolute Gasteiger partial charge is 0.361 e. The average molecular weight is 330 g/mol. The highest BCUT2D eigenvalue weighted by Crippen LogP contribution is 2.26. The molecule has 0 fully saturated rings. The van der Waals surface area contributed by atoms with E-state index in [1.807, 2.05) is 0 Å². The molecule has 1 N–H and O–H groups in total. The van der Waals surface area contributed by atoms with E-state index in [4.69, 9.17) is 16.1 Å². The first kappa shape index (κ1) is 13.1. The van der Waals surface area contributed by atoms with Crippen LogP contribution in [-0.4, -0.2) is 11.1 Å². The number of carbonyl (C=O) groups excluding carboxylic acids is 1. The number of nitrogens with one attached hydrogen (secondary N) is 1. The molecule has 1 aromatic heterocycles. The topological polar surface area (TPSA) is 55.1 Å². The van der Waals surface area contributed by atoms with Crippen molar-refractivity contribution in [2.45, 2.75) is 13.8 Å². The summed E-state index contributed by atoms with van der Waals surface area (Å²) in [6, 6.07) is 5.16. The first-order chi connectivity index (χ1) is 8.49. The van der Waals surface area contributed by atoms with Gasteiger partial charge in [0.15, 0.2) is 0 Å². The van der Waals surface area contributed by atoms with Crippen molar-refractivity contribution >= 4 is 39.1 Å². The van der Waals surface area contributed by atoms with Crippen LogP contribution in [0.4, 0.5) is 5.69 Å². The van der Waals surface area contributed by atoms with Crippen LogP contribution in [0.5, 0.6) is 0 Å². The molecule has 1 amide bonds. The summed E-state index contributed by atoms with van der Waals surface area (Å²) in [5.74, 6) is 0.249. The van der Waals surface area contributed by atoms with Gasteiger partial charge in [-0.2, -0.15) is 0 Å². The van der Waals surface area contributed by atoms with Gasteiger partial charge in [0.2, 0.25) is 0 Å². The van der Waals surface area contributed by atoms with Crippen LogP contribution in [0.3, 0.4) is 0 Å². The lowest BCUT2D eigenvalue weighted by Crippen LogP contribution is -2.13. The maximum atomic E-state index is 12.1. The van der Waals surface area contributed by atoms with Crippen molar-refractivity contribution in [2.75, 3.05) is 5.32 Å². The van der Waals surface area contributed by atoms with Crippen LogP contribution in [-0.2, 0) is 0 Å². The Bertz CT molecular complexity index is 591. The van der Waals surface area contributed by atoms with Gasteiger partial charge in [0.1, 0.15) is 11.3 Å². The molecule has 0 aliphatic rings. The predicted molar refractivity (Wildman–Crippen MR) is 73.1 cm³/mol. The van der Waals surface area contributed by atoms with Crippen molar-refractivity contribution in [2.24, 2.45) is 0 Å². The monoisotopic (exact) mass is 328 g/mol. The van der Waals surface area contributed by atoms with Gasteiger partial charge in [-0.25, -0.2) is 0 Å². The molecule has 2 aromatic rings. The molecule has 0 atom stereocenters. The normalized spacial score (nSPS) is 10.4. The van der Waals surface area contributed by atoms with Crippen LogP contribution in [0.25, 0.3) is 0 Å².